The average molecular weight is 202 g/mol. The molecule has 0 aromatic heterocycles. The summed E-state index contributed by atoms with van der Waals surface area (Å²) in [4.78, 5) is 0. The van der Waals surface area contributed by atoms with E-state index in [0.29, 0.717) is 0 Å². The van der Waals surface area contributed by atoms with Crippen molar-refractivity contribution in [3.63, 3.8) is 0 Å². The second kappa shape index (κ2) is 5.01. The first-order chi connectivity index (χ1) is 6.54. The van der Waals surface area contributed by atoms with E-state index < -0.39 is 0 Å². The molecule has 1 N–H and O–H groups in total. The maximum absolute atomic E-state index is 3.17. The van der Waals surface area contributed by atoms with E-state index in [1.54, 1.807) is 0 Å². The van der Waals surface area contributed by atoms with Gasteiger partial charge in [0.05, 0.1) is 20.0 Å². The summed E-state index contributed by atoms with van der Waals surface area (Å²) >= 11 is 0. The number of hydrazine groups is 3. The topological polar surface area (TPSA) is 28.2 Å². The zero-order chi connectivity index (χ0) is 10.7. The van der Waals surface area contributed by atoms with Crippen molar-refractivity contribution in [3.05, 3.63) is 0 Å². The molecule has 0 aliphatic carbocycles. The molecule has 0 amide bonds. The van der Waals surface area contributed by atoms with E-state index in [1.165, 1.54) is 0 Å². The van der Waals surface area contributed by atoms with Gasteiger partial charge in [0, 0.05) is 28.2 Å². The monoisotopic (exact) mass is 202 g/mol. The van der Waals surface area contributed by atoms with Gasteiger partial charge in [0.15, 0.2) is 0 Å². The summed E-state index contributed by atoms with van der Waals surface area (Å²) in [5, 5.41) is 10.9. The Balaban J connectivity index is 2.56. The standard InChI is InChI=1S/C8H22N6/c1-9-12-6-13(10(2)3)8-14(7-12)11(4)5/h9H,6-8H2,1-5H3. The number of nitrogens with zero attached hydrogens (tertiary/aromatic N) is 5. The van der Waals surface area contributed by atoms with E-state index in [0.717, 1.165) is 20.0 Å². The van der Waals surface area contributed by atoms with E-state index in [2.05, 4.69) is 58.7 Å². The van der Waals surface area contributed by atoms with Gasteiger partial charge in [0.25, 0.3) is 0 Å². The molecule has 1 aliphatic heterocycles. The van der Waals surface area contributed by atoms with Gasteiger partial charge in [0.1, 0.15) is 0 Å². The Morgan fingerprint density at radius 3 is 1.57 bits per heavy atom. The molecular formula is C8H22N6. The molecule has 0 saturated carbocycles. The summed E-state index contributed by atoms with van der Waals surface area (Å²) in [6.07, 6.45) is 0. The van der Waals surface area contributed by atoms with E-state index in [1.807, 2.05) is 7.05 Å². The lowest BCUT2D eigenvalue weighted by Crippen LogP contribution is -2.63. The third-order valence-electron chi connectivity index (χ3n) is 2.44. The van der Waals surface area contributed by atoms with Gasteiger partial charge in [-0.1, -0.05) is 0 Å². The van der Waals surface area contributed by atoms with Crippen molar-refractivity contribution in [1.82, 2.24) is 30.5 Å². The minimum absolute atomic E-state index is 0.911. The highest BCUT2D eigenvalue weighted by Gasteiger charge is 2.24. The molecule has 1 heterocycles. The lowest BCUT2D eigenvalue weighted by Gasteiger charge is -2.45. The Bertz CT molecular complexity index is 155. The normalized spacial score (nSPS) is 22.5. The van der Waals surface area contributed by atoms with E-state index in [9.17, 15) is 0 Å². The fraction of sp³-hybridized carbons (Fsp3) is 1.00. The van der Waals surface area contributed by atoms with Crippen molar-refractivity contribution < 1.29 is 0 Å². The van der Waals surface area contributed by atoms with E-state index in [-0.39, 0.29) is 0 Å². The van der Waals surface area contributed by atoms with Crippen LogP contribution < -0.4 is 5.43 Å². The second-order valence-corrected chi connectivity index (χ2v) is 3.90. The van der Waals surface area contributed by atoms with Crippen LogP contribution in [0.25, 0.3) is 0 Å². The summed E-state index contributed by atoms with van der Waals surface area (Å²) in [5.41, 5.74) is 3.17. The van der Waals surface area contributed by atoms with Crippen molar-refractivity contribution in [2.75, 3.05) is 55.2 Å². The van der Waals surface area contributed by atoms with E-state index in [4.69, 9.17) is 0 Å². The molecule has 1 fully saturated rings. The van der Waals surface area contributed by atoms with Gasteiger partial charge in [-0.25, -0.2) is 25.0 Å². The summed E-state index contributed by atoms with van der Waals surface area (Å²) in [7, 11) is 10.2. The molecule has 0 spiro atoms. The predicted octanol–water partition coefficient (Wildman–Crippen LogP) is -1.13. The zero-order valence-electron chi connectivity index (χ0n) is 9.86. The first kappa shape index (κ1) is 11.8. The first-order valence-electron chi connectivity index (χ1n) is 4.81. The van der Waals surface area contributed by atoms with Crippen LogP contribution in [0, 0.1) is 0 Å². The van der Waals surface area contributed by atoms with Crippen LogP contribution in [0.3, 0.4) is 0 Å². The highest BCUT2D eigenvalue weighted by molar-refractivity contribution is 4.60. The summed E-state index contributed by atoms with van der Waals surface area (Å²) < 4.78 is 0. The first-order valence-corrected chi connectivity index (χ1v) is 4.81. The van der Waals surface area contributed by atoms with Crippen molar-refractivity contribution in [3.8, 4) is 0 Å². The van der Waals surface area contributed by atoms with Crippen LogP contribution in [-0.2, 0) is 0 Å². The van der Waals surface area contributed by atoms with Gasteiger partial charge in [-0.15, -0.1) is 0 Å². The van der Waals surface area contributed by atoms with Crippen LogP contribution in [0.5, 0.6) is 0 Å². The molecule has 1 aliphatic rings. The maximum atomic E-state index is 3.17. The molecule has 0 unspecified atom stereocenters. The number of hydrogen-bond acceptors (Lipinski definition) is 6. The van der Waals surface area contributed by atoms with Crippen molar-refractivity contribution in [1.29, 1.82) is 0 Å². The molecule has 0 bridgehead atoms. The third-order valence-corrected chi connectivity index (χ3v) is 2.44. The molecular weight excluding hydrogens is 180 g/mol. The Hall–Kier alpha value is -0.240. The van der Waals surface area contributed by atoms with E-state index >= 15 is 0 Å². The molecule has 84 valence electrons. The van der Waals surface area contributed by atoms with Crippen molar-refractivity contribution >= 4 is 0 Å². The quantitative estimate of drug-likeness (QED) is 0.622. The van der Waals surface area contributed by atoms with Crippen LogP contribution >= 0.6 is 0 Å². The fourth-order valence-electron chi connectivity index (χ4n) is 1.36. The van der Waals surface area contributed by atoms with Gasteiger partial charge in [-0.2, -0.15) is 0 Å². The number of hydrogen-bond donors (Lipinski definition) is 1. The summed E-state index contributed by atoms with van der Waals surface area (Å²) in [6.45, 7) is 2.75. The SMILES string of the molecule is CNN1CN(N(C)C)CN(N(C)C)C1. The Kier molecular flexibility index (Phi) is 4.24. The maximum Gasteiger partial charge on any atom is 0.0816 e. The zero-order valence-corrected chi connectivity index (χ0v) is 9.86. The Labute approximate surface area is 86.5 Å². The van der Waals surface area contributed by atoms with Crippen molar-refractivity contribution in [2.24, 2.45) is 0 Å². The highest BCUT2D eigenvalue weighted by Crippen LogP contribution is 2.06. The predicted molar refractivity (Wildman–Crippen MR) is 56.6 cm³/mol. The largest absolute Gasteiger partial charge is 0.256 e. The molecule has 1 rings (SSSR count). The minimum atomic E-state index is 0.911. The third kappa shape index (κ3) is 2.88. The van der Waals surface area contributed by atoms with Crippen LogP contribution in [0.4, 0.5) is 0 Å². The molecule has 6 nitrogen and oxygen atoms in total. The Morgan fingerprint density at radius 1 is 0.857 bits per heavy atom. The minimum Gasteiger partial charge on any atom is -0.256 e. The average Bonchev–Trinajstić information content (AvgIpc) is 2.16. The summed E-state index contributed by atoms with van der Waals surface area (Å²) in [5.74, 6) is 0. The second-order valence-electron chi connectivity index (χ2n) is 3.90. The van der Waals surface area contributed by atoms with Gasteiger partial charge in [0.2, 0.25) is 0 Å². The fourth-order valence-corrected chi connectivity index (χ4v) is 1.36. The summed E-state index contributed by atoms with van der Waals surface area (Å²) in [6, 6.07) is 0. The van der Waals surface area contributed by atoms with Crippen LogP contribution in [-0.4, -0.2) is 80.3 Å². The van der Waals surface area contributed by atoms with Gasteiger partial charge >= 0.3 is 0 Å². The van der Waals surface area contributed by atoms with Crippen molar-refractivity contribution in [2.45, 2.75) is 0 Å². The van der Waals surface area contributed by atoms with Gasteiger partial charge < -0.3 is 0 Å². The van der Waals surface area contributed by atoms with Crippen LogP contribution in [0.2, 0.25) is 0 Å². The Morgan fingerprint density at radius 2 is 1.29 bits per heavy atom. The highest BCUT2D eigenvalue weighted by atomic mass is 15.8. The molecule has 6 heteroatoms. The molecule has 0 atom stereocenters. The lowest BCUT2D eigenvalue weighted by atomic mass is 10.6. The van der Waals surface area contributed by atoms with Gasteiger partial charge in [-0.05, 0) is 7.05 Å². The lowest BCUT2D eigenvalue weighted by molar-refractivity contribution is -0.189. The molecule has 0 aromatic carbocycles. The van der Waals surface area contributed by atoms with Crippen LogP contribution in [0.15, 0.2) is 0 Å². The number of nitrogens with one attached hydrogen (secondary N) is 1. The molecule has 14 heavy (non-hydrogen) atoms. The molecule has 0 radical (unpaired) electrons. The smallest absolute Gasteiger partial charge is 0.0816 e. The van der Waals surface area contributed by atoms with Gasteiger partial charge in [-0.3, -0.25) is 5.43 Å². The molecule has 1 saturated heterocycles. The van der Waals surface area contributed by atoms with Crippen LogP contribution in [0.1, 0.15) is 0 Å². The molecule has 0 aromatic rings. The number of rotatable bonds is 3.